The fourth-order valence-corrected chi connectivity index (χ4v) is 0.688. The quantitative estimate of drug-likeness (QED) is 0.408. The molecular weight excluding hydrogens is 92.1 g/mol. The maximum absolute atomic E-state index is 10.2. The number of hydrogen-bond donors (Lipinski definition) is 0. The standard InChI is InChI=1S/C5H6O2/c6-4-2-1-3-5(4)7/h1-3H2. The molecule has 2 nitrogen and oxygen atoms in total. The molecule has 0 radical (unpaired) electrons. The minimum atomic E-state index is -0.181. The molecule has 0 saturated heterocycles. The zero-order valence-corrected chi connectivity index (χ0v) is 3.94. The molecule has 0 atom stereocenters. The van der Waals surface area contributed by atoms with E-state index >= 15 is 0 Å². The summed E-state index contributed by atoms with van der Waals surface area (Å²) < 4.78 is 0. The normalized spacial score (nSPS) is 21.1. The van der Waals surface area contributed by atoms with Crippen molar-refractivity contribution in [3.05, 3.63) is 0 Å². The van der Waals surface area contributed by atoms with Crippen LogP contribution in [-0.2, 0) is 9.59 Å². The molecule has 0 unspecified atom stereocenters. The van der Waals surface area contributed by atoms with Crippen molar-refractivity contribution in [1.82, 2.24) is 0 Å². The van der Waals surface area contributed by atoms with E-state index in [0.717, 1.165) is 6.42 Å². The van der Waals surface area contributed by atoms with Crippen LogP contribution in [0, 0.1) is 0 Å². The van der Waals surface area contributed by atoms with E-state index in [4.69, 9.17) is 0 Å². The number of hydrogen-bond acceptors (Lipinski definition) is 2. The molecular formula is C5H6O2. The number of rotatable bonds is 0. The highest BCUT2D eigenvalue weighted by atomic mass is 16.2. The van der Waals surface area contributed by atoms with E-state index in [2.05, 4.69) is 0 Å². The maximum Gasteiger partial charge on any atom is 0.198 e. The highest BCUT2D eigenvalue weighted by molar-refractivity contribution is 6.38. The van der Waals surface area contributed by atoms with E-state index < -0.39 is 0 Å². The Bertz CT molecular complexity index is 101. The summed E-state index contributed by atoms with van der Waals surface area (Å²) in [6, 6.07) is 0. The van der Waals surface area contributed by atoms with E-state index in [1.54, 1.807) is 0 Å². The molecule has 0 aliphatic heterocycles. The van der Waals surface area contributed by atoms with Gasteiger partial charge in [-0.1, -0.05) is 0 Å². The Labute approximate surface area is 41.5 Å². The Morgan fingerprint density at radius 2 is 1.43 bits per heavy atom. The minimum absolute atomic E-state index is 0.181. The number of carbonyl (C=O) groups is 2. The van der Waals surface area contributed by atoms with Crippen LogP contribution in [0.2, 0.25) is 0 Å². The summed E-state index contributed by atoms with van der Waals surface area (Å²) in [6.07, 6.45) is 1.75. The number of ketones is 2. The first-order chi connectivity index (χ1) is 3.30. The van der Waals surface area contributed by atoms with Gasteiger partial charge in [-0.2, -0.15) is 0 Å². The second kappa shape index (κ2) is 1.45. The lowest BCUT2D eigenvalue weighted by molar-refractivity contribution is -0.134. The van der Waals surface area contributed by atoms with Crippen molar-refractivity contribution in [3.8, 4) is 0 Å². The summed E-state index contributed by atoms with van der Waals surface area (Å²) in [4.78, 5) is 20.4. The van der Waals surface area contributed by atoms with Gasteiger partial charge in [-0.15, -0.1) is 0 Å². The smallest absolute Gasteiger partial charge is 0.198 e. The third-order valence-electron chi connectivity index (χ3n) is 1.12. The Morgan fingerprint density at radius 3 is 1.57 bits per heavy atom. The third kappa shape index (κ3) is 0.683. The molecule has 7 heavy (non-hydrogen) atoms. The van der Waals surface area contributed by atoms with Gasteiger partial charge in [0.05, 0.1) is 0 Å². The van der Waals surface area contributed by atoms with Crippen LogP contribution in [0.1, 0.15) is 19.3 Å². The van der Waals surface area contributed by atoms with Crippen LogP contribution < -0.4 is 0 Å². The zero-order valence-electron chi connectivity index (χ0n) is 3.94. The summed E-state index contributed by atoms with van der Waals surface area (Å²) in [5.74, 6) is -0.361. The van der Waals surface area contributed by atoms with Crippen molar-refractivity contribution < 1.29 is 9.59 Å². The first kappa shape index (κ1) is 4.50. The highest BCUT2D eigenvalue weighted by Crippen LogP contribution is 2.07. The fraction of sp³-hybridized carbons (Fsp3) is 0.600. The molecule has 1 rings (SSSR count). The lowest BCUT2D eigenvalue weighted by Crippen LogP contribution is -2.01. The van der Waals surface area contributed by atoms with Gasteiger partial charge in [-0.05, 0) is 6.42 Å². The lowest BCUT2D eigenvalue weighted by atomic mass is 10.3. The van der Waals surface area contributed by atoms with Crippen molar-refractivity contribution in [1.29, 1.82) is 0 Å². The molecule has 0 bridgehead atoms. The fourth-order valence-electron chi connectivity index (χ4n) is 0.688. The summed E-state index contributed by atoms with van der Waals surface area (Å²) in [5.41, 5.74) is 0. The molecule has 0 heterocycles. The minimum Gasteiger partial charge on any atom is -0.291 e. The third-order valence-corrected chi connectivity index (χ3v) is 1.12. The molecule has 0 aromatic rings. The van der Waals surface area contributed by atoms with Gasteiger partial charge in [0.1, 0.15) is 0 Å². The van der Waals surface area contributed by atoms with Crippen LogP contribution in [0.4, 0.5) is 0 Å². The van der Waals surface area contributed by atoms with Gasteiger partial charge in [0.2, 0.25) is 0 Å². The molecule has 1 fully saturated rings. The van der Waals surface area contributed by atoms with Gasteiger partial charge in [-0.3, -0.25) is 9.59 Å². The number of carbonyl (C=O) groups excluding carboxylic acids is 2. The second-order valence-electron chi connectivity index (χ2n) is 1.70. The van der Waals surface area contributed by atoms with Gasteiger partial charge < -0.3 is 0 Å². The first-order valence-corrected chi connectivity index (χ1v) is 2.37. The molecule has 0 N–H and O–H groups in total. The van der Waals surface area contributed by atoms with E-state index in [9.17, 15) is 9.59 Å². The lowest BCUT2D eigenvalue weighted by Gasteiger charge is -1.72. The van der Waals surface area contributed by atoms with Gasteiger partial charge in [0, 0.05) is 12.8 Å². The van der Waals surface area contributed by atoms with Crippen LogP contribution in [0.5, 0.6) is 0 Å². The molecule has 0 spiro atoms. The molecule has 2 heteroatoms. The van der Waals surface area contributed by atoms with E-state index in [1.807, 2.05) is 0 Å². The zero-order chi connectivity index (χ0) is 5.28. The Hall–Kier alpha value is -0.660. The summed E-state index contributed by atoms with van der Waals surface area (Å²) in [6.45, 7) is 0. The van der Waals surface area contributed by atoms with Crippen molar-refractivity contribution in [3.63, 3.8) is 0 Å². The van der Waals surface area contributed by atoms with Gasteiger partial charge >= 0.3 is 0 Å². The summed E-state index contributed by atoms with van der Waals surface area (Å²) in [7, 11) is 0. The molecule has 0 amide bonds. The van der Waals surface area contributed by atoms with E-state index in [1.165, 1.54) is 0 Å². The highest BCUT2D eigenvalue weighted by Gasteiger charge is 2.19. The van der Waals surface area contributed by atoms with Crippen LogP contribution in [0.15, 0.2) is 0 Å². The predicted molar refractivity (Wildman–Crippen MR) is 23.9 cm³/mol. The monoisotopic (exact) mass is 98.0 g/mol. The predicted octanol–water partition coefficient (Wildman–Crippen LogP) is 0.308. The van der Waals surface area contributed by atoms with E-state index in [-0.39, 0.29) is 11.6 Å². The average molecular weight is 98.1 g/mol. The Kier molecular flexibility index (Phi) is 0.929. The van der Waals surface area contributed by atoms with Crippen molar-refractivity contribution in [2.45, 2.75) is 19.3 Å². The molecule has 1 aliphatic rings. The van der Waals surface area contributed by atoms with Gasteiger partial charge in [-0.25, -0.2) is 0 Å². The molecule has 38 valence electrons. The van der Waals surface area contributed by atoms with Crippen LogP contribution >= 0.6 is 0 Å². The van der Waals surface area contributed by atoms with Gasteiger partial charge in [0.25, 0.3) is 0 Å². The van der Waals surface area contributed by atoms with E-state index in [0.29, 0.717) is 12.8 Å². The van der Waals surface area contributed by atoms with Crippen molar-refractivity contribution in [2.75, 3.05) is 0 Å². The summed E-state index contributed by atoms with van der Waals surface area (Å²) >= 11 is 0. The molecule has 0 aromatic heterocycles. The molecule has 1 saturated carbocycles. The first-order valence-electron chi connectivity index (χ1n) is 2.37. The SMILES string of the molecule is O=C1CCCC1=O. The molecule has 1 aliphatic carbocycles. The Morgan fingerprint density at radius 1 is 1.00 bits per heavy atom. The van der Waals surface area contributed by atoms with Gasteiger partial charge in [0.15, 0.2) is 11.6 Å². The molecule has 0 aromatic carbocycles. The second-order valence-corrected chi connectivity index (χ2v) is 1.70. The van der Waals surface area contributed by atoms with Crippen LogP contribution in [-0.4, -0.2) is 11.6 Å². The average Bonchev–Trinajstić information content (AvgIpc) is 1.91. The van der Waals surface area contributed by atoms with Crippen LogP contribution in [0.3, 0.4) is 0 Å². The van der Waals surface area contributed by atoms with Crippen molar-refractivity contribution >= 4 is 11.6 Å². The maximum atomic E-state index is 10.2. The number of Topliss-reactive ketones (excluding diaryl/α,β-unsaturated/α-hetero) is 2. The Balaban J connectivity index is 2.65. The largest absolute Gasteiger partial charge is 0.291 e. The van der Waals surface area contributed by atoms with Crippen molar-refractivity contribution in [2.24, 2.45) is 0 Å². The topological polar surface area (TPSA) is 34.1 Å². The summed E-state index contributed by atoms with van der Waals surface area (Å²) in [5, 5.41) is 0. The van der Waals surface area contributed by atoms with Crippen LogP contribution in [0.25, 0.3) is 0 Å².